The van der Waals surface area contributed by atoms with Gasteiger partial charge < -0.3 is 9.84 Å². The summed E-state index contributed by atoms with van der Waals surface area (Å²) in [6.45, 7) is 2.90. The van der Waals surface area contributed by atoms with E-state index in [1.165, 1.54) is 0 Å². The second kappa shape index (κ2) is 4.73. The van der Waals surface area contributed by atoms with Gasteiger partial charge in [-0.15, -0.1) is 0 Å². The molecule has 0 spiro atoms. The average molecular weight is 223 g/mol. The van der Waals surface area contributed by atoms with Crippen LogP contribution in [0.25, 0.3) is 0 Å². The number of hydrogen-bond acceptors (Lipinski definition) is 3. The van der Waals surface area contributed by atoms with Gasteiger partial charge in [0, 0.05) is 6.61 Å². The first-order chi connectivity index (χ1) is 7.72. The Morgan fingerprint density at radius 3 is 2.88 bits per heavy atom. The van der Waals surface area contributed by atoms with E-state index in [0.29, 0.717) is 5.92 Å². The molecule has 0 aromatic rings. The molecule has 2 rings (SSSR count). The van der Waals surface area contributed by atoms with Crippen LogP contribution in [0.5, 0.6) is 0 Å². The van der Waals surface area contributed by atoms with Crippen LogP contribution in [0.15, 0.2) is 0 Å². The summed E-state index contributed by atoms with van der Waals surface area (Å²) < 4.78 is 5.52. The Morgan fingerprint density at radius 1 is 1.56 bits per heavy atom. The highest BCUT2D eigenvalue weighted by Gasteiger charge is 2.48. The van der Waals surface area contributed by atoms with Gasteiger partial charge in [0.2, 0.25) is 0 Å². The van der Waals surface area contributed by atoms with Crippen LogP contribution in [0, 0.1) is 22.7 Å². The Bertz CT molecular complexity index is 280. The monoisotopic (exact) mass is 223 g/mol. The smallest absolute Gasteiger partial charge is 0.0987 e. The van der Waals surface area contributed by atoms with Crippen molar-refractivity contribution in [2.45, 2.75) is 57.7 Å². The molecule has 0 amide bonds. The SMILES string of the molecule is CCC1CCC(C#N)(C(O)C2CCCO2)C1. The van der Waals surface area contributed by atoms with Crippen molar-refractivity contribution in [3.63, 3.8) is 0 Å². The van der Waals surface area contributed by atoms with Gasteiger partial charge in [-0.2, -0.15) is 5.26 Å². The molecule has 16 heavy (non-hydrogen) atoms. The fraction of sp³-hybridized carbons (Fsp3) is 0.923. The van der Waals surface area contributed by atoms with Crippen LogP contribution in [-0.4, -0.2) is 23.9 Å². The lowest BCUT2D eigenvalue weighted by atomic mass is 9.78. The van der Waals surface area contributed by atoms with Crippen LogP contribution >= 0.6 is 0 Å². The maximum atomic E-state index is 10.4. The van der Waals surface area contributed by atoms with E-state index in [9.17, 15) is 10.4 Å². The summed E-state index contributed by atoms with van der Waals surface area (Å²) in [5.74, 6) is 0.607. The molecule has 4 unspecified atom stereocenters. The molecule has 1 aliphatic heterocycles. The van der Waals surface area contributed by atoms with Crippen molar-refractivity contribution in [3.05, 3.63) is 0 Å². The fourth-order valence-electron chi connectivity index (χ4n) is 3.17. The quantitative estimate of drug-likeness (QED) is 0.798. The number of ether oxygens (including phenoxy) is 1. The molecule has 0 aromatic carbocycles. The van der Waals surface area contributed by atoms with E-state index in [2.05, 4.69) is 13.0 Å². The molecule has 2 fully saturated rings. The largest absolute Gasteiger partial charge is 0.389 e. The van der Waals surface area contributed by atoms with Crippen molar-refractivity contribution in [2.24, 2.45) is 11.3 Å². The number of rotatable bonds is 3. The minimum atomic E-state index is -0.587. The van der Waals surface area contributed by atoms with E-state index in [-0.39, 0.29) is 6.10 Å². The summed E-state index contributed by atoms with van der Waals surface area (Å²) >= 11 is 0. The second-order valence-electron chi connectivity index (χ2n) is 5.28. The van der Waals surface area contributed by atoms with E-state index in [0.717, 1.165) is 45.1 Å². The molecule has 4 atom stereocenters. The van der Waals surface area contributed by atoms with Gasteiger partial charge in [0.25, 0.3) is 0 Å². The third kappa shape index (κ3) is 1.97. The molecule has 1 heterocycles. The Labute approximate surface area is 97.4 Å². The van der Waals surface area contributed by atoms with Crippen molar-refractivity contribution < 1.29 is 9.84 Å². The van der Waals surface area contributed by atoms with Gasteiger partial charge in [0.15, 0.2) is 0 Å². The molecule has 0 aromatic heterocycles. The Hall–Kier alpha value is -0.590. The van der Waals surface area contributed by atoms with Crippen LogP contribution in [0.1, 0.15) is 45.4 Å². The molecular weight excluding hydrogens is 202 g/mol. The van der Waals surface area contributed by atoms with Gasteiger partial charge in [0.05, 0.1) is 23.7 Å². The molecule has 1 N–H and O–H groups in total. The zero-order valence-electron chi connectivity index (χ0n) is 9.98. The van der Waals surface area contributed by atoms with Crippen molar-refractivity contribution in [1.29, 1.82) is 5.26 Å². The molecule has 1 saturated heterocycles. The van der Waals surface area contributed by atoms with Crippen LogP contribution < -0.4 is 0 Å². The van der Waals surface area contributed by atoms with E-state index in [1.807, 2.05) is 0 Å². The highest BCUT2D eigenvalue weighted by atomic mass is 16.5. The minimum Gasteiger partial charge on any atom is -0.389 e. The van der Waals surface area contributed by atoms with E-state index in [4.69, 9.17) is 4.74 Å². The first kappa shape index (κ1) is 11.9. The summed E-state index contributed by atoms with van der Waals surface area (Å²) in [4.78, 5) is 0. The van der Waals surface area contributed by atoms with Crippen molar-refractivity contribution >= 4 is 0 Å². The zero-order valence-corrected chi connectivity index (χ0v) is 9.98. The molecule has 3 nitrogen and oxygen atoms in total. The van der Waals surface area contributed by atoms with Gasteiger partial charge in [0.1, 0.15) is 0 Å². The van der Waals surface area contributed by atoms with Gasteiger partial charge >= 0.3 is 0 Å². The number of aliphatic hydroxyl groups is 1. The molecule has 90 valence electrons. The molecule has 1 saturated carbocycles. The first-order valence-electron chi connectivity index (χ1n) is 6.43. The van der Waals surface area contributed by atoms with Crippen LogP contribution in [-0.2, 0) is 4.74 Å². The molecule has 0 radical (unpaired) electrons. The zero-order chi connectivity index (χ0) is 11.6. The molecular formula is C13H21NO2. The van der Waals surface area contributed by atoms with Crippen LogP contribution in [0.2, 0.25) is 0 Å². The third-order valence-electron chi connectivity index (χ3n) is 4.33. The average Bonchev–Trinajstić information content (AvgIpc) is 2.98. The Kier molecular flexibility index (Phi) is 3.51. The third-order valence-corrected chi connectivity index (χ3v) is 4.33. The second-order valence-corrected chi connectivity index (χ2v) is 5.28. The standard InChI is InChI=1S/C13H21NO2/c1-2-10-5-6-13(8-10,9-14)12(15)11-4-3-7-16-11/h10-12,15H,2-8H2,1H3. The summed E-state index contributed by atoms with van der Waals surface area (Å²) in [6.07, 6.45) is 5.10. The predicted molar refractivity (Wildman–Crippen MR) is 60.7 cm³/mol. The van der Waals surface area contributed by atoms with Gasteiger partial charge in [-0.1, -0.05) is 13.3 Å². The van der Waals surface area contributed by atoms with Crippen LogP contribution in [0.3, 0.4) is 0 Å². The topological polar surface area (TPSA) is 53.2 Å². The lowest BCUT2D eigenvalue weighted by Gasteiger charge is -2.31. The summed E-state index contributed by atoms with van der Waals surface area (Å²) in [7, 11) is 0. The molecule has 3 heteroatoms. The maximum Gasteiger partial charge on any atom is 0.0987 e. The van der Waals surface area contributed by atoms with Crippen molar-refractivity contribution in [3.8, 4) is 6.07 Å². The number of hydrogen-bond donors (Lipinski definition) is 1. The first-order valence-corrected chi connectivity index (χ1v) is 6.43. The lowest BCUT2D eigenvalue weighted by molar-refractivity contribution is -0.0538. The fourth-order valence-corrected chi connectivity index (χ4v) is 3.17. The summed E-state index contributed by atoms with van der Waals surface area (Å²) in [5, 5.41) is 19.8. The Balaban J connectivity index is 2.07. The lowest BCUT2D eigenvalue weighted by Crippen LogP contribution is -2.40. The van der Waals surface area contributed by atoms with Crippen molar-refractivity contribution in [1.82, 2.24) is 0 Å². The summed E-state index contributed by atoms with van der Waals surface area (Å²) in [5.41, 5.74) is -0.532. The van der Waals surface area contributed by atoms with Gasteiger partial charge in [-0.25, -0.2) is 0 Å². The van der Waals surface area contributed by atoms with Crippen molar-refractivity contribution in [2.75, 3.05) is 6.61 Å². The maximum absolute atomic E-state index is 10.4. The molecule has 1 aliphatic carbocycles. The summed E-state index contributed by atoms with van der Waals surface area (Å²) in [6, 6.07) is 2.39. The van der Waals surface area contributed by atoms with E-state index >= 15 is 0 Å². The normalized spacial score (nSPS) is 40.8. The highest BCUT2D eigenvalue weighted by Crippen LogP contribution is 2.47. The predicted octanol–water partition coefficient (Wildman–Crippen LogP) is 2.25. The van der Waals surface area contributed by atoms with Crippen LogP contribution in [0.4, 0.5) is 0 Å². The number of nitriles is 1. The highest BCUT2D eigenvalue weighted by molar-refractivity contribution is 5.10. The van der Waals surface area contributed by atoms with Gasteiger partial charge in [-0.3, -0.25) is 0 Å². The van der Waals surface area contributed by atoms with E-state index < -0.39 is 11.5 Å². The Morgan fingerprint density at radius 2 is 2.38 bits per heavy atom. The number of nitrogens with zero attached hydrogens (tertiary/aromatic N) is 1. The van der Waals surface area contributed by atoms with Gasteiger partial charge in [-0.05, 0) is 38.0 Å². The molecule has 2 aliphatic rings. The molecule has 0 bridgehead atoms. The van der Waals surface area contributed by atoms with E-state index in [1.54, 1.807) is 0 Å². The number of aliphatic hydroxyl groups excluding tert-OH is 1. The minimum absolute atomic E-state index is 0.102.